The first-order valence-corrected chi connectivity index (χ1v) is 10.0. The minimum Gasteiger partial charge on any atom is -0.489 e. The molecule has 2 aromatic rings. The Bertz CT molecular complexity index is 820. The lowest BCUT2D eigenvalue weighted by atomic mass is 9.86. The lowest BCUT2D eigenvalue weighted by Gasteiger charge is -2.20. The molecule has 2 aromatic carbocycles. The zero-order valence-corrected chi connectivity index (χ0v) is 15.9. The fourth-order valence-corrected chi connectivity index (χ4v) is 4.55. The number of para-hydroxylation sites is 1. The van der Waals surface area contributed by atoms with Crippen molar-refractivity contribution in [1.29, 1.82) is 0 Å². The van der Waals surface area contributed by atoms with Gasteiger partial charge in [0.05, 0.1) is 0 Å². The van der Waals surface area contributed by atoms with Gasteiger partial charge in [0.1, 0.15) is 12.4 Å². The van der Waals surface area contributed by atoms with Gasteiger partial charge in [-0.15, -0.1) is 0 Å². The molecule has 2 aliphatic carbocycles. The Balaban J connectivity index is 1.21. The normalized spacial score (nSPS) is 22.6. The van der Waals surface area contributed by atoms with Gasteiger partial charge in [0, 0.05) is 12.0 Å². The predicted octanol–water partition coefficient (Wildman–Crippen LogP) is 3.85. The minimum absolute atomic E-state index is 0.0984. The maximum Gasteiger partial charge on any atom is 0.269 e. The molecule has 0 aliphatic heterocycles. The molecule has 5 nitrogen and oxygen atoms in total. The number of hydrazine groups is 1. The molecule has 0 radical (unpaired) electrons. The van der Waals surface area contributed by atoms with E-state index >= 15 is 0 Å². The molecule has 4 rings (SSSR count). The maximum atomic E-state index is 12.2. The molecule has 2 saturated carbocycles. The molecule has 2 N–H and O–H groups in total. The number of ether oxygens (including phenoxy) is 1. The predicted molar refractivity (Wildman–Crippen MR) is 106 cm³/mol. The molecule has 28 heavy (non-hydrogen) atoms. The fourth-order valence-electron chi connectivity index (χ4n) is 4.55. The van der Waals surface area contributed by atoms with Crippen LogP contribution in [0.15, 0.2) is 54.6 Å². The SMILES string of the molecule is O=C(C[C@@H]1C[C@@H]2CC[C@@H]1C2)NNC(=O)c1ccc(COc2ccccc2)cc1. The molecule has 2 amide bonds. The summed E-state index contributed by atoms with van der Waals surface area (Å²) in [7, 11) is 0. The van der Waals surface area contributed by atoms with E-state index in [4.69, 9.17) is 4.74 Å². The Kier molecular flexibility index (Phi) is 5.60. The van der Waals surface area contributed by atoms with Crippen LogP contribution in [0.4, 0.5) is 0 Å². The third-order valence-corrected chi connectivity index (χ3v) is 6.01. The van der Waals surface area contributed by atoms with Crippen LogP contribution in [0.1, 0.15) is 48.0 Å². The van der Waals surface area contributed by atoms with Crippen LogP contribution in [-0.2, 0) is 11.4 Å². The van der Waals surface area contributed by atoms with Crippen molar-refractivity contribution >= 4 is 11.8 Å². The van der Waals surface area contributed by atoms with E-state index in [1.165, 1.54) is 25.7 Å². The Morgan fingerprint density at radius 2 is 1.71 bits per heavy atom. The molecular weight excluding hydrogens is 352 g/mol. The summed E-state index contributed by atoms with van der Waals surface area (Å²) in [6.07, 6.45) is 5.54. The molecule has 2 fully saturated rings. The highest BCUT2D eigenvalue weighted by Crippen LogP contribution is 2.49. The number of hydrogen-bond acceptors (Lipinski definition) is 3. The van der Waals surface area contributed by atoms with Gasteiger partial charge in [-0.3, -0.25) is 20.4 Å². The van der Waals surface area contributed by atoms with Crippen molar-refractivity contribution in [2.24, 2.45) is 17.8 Å². The van der Waals surface area contributed by atoms with E-state index in [9.17, 15) is 9.59 Å². The molecule has 3 atom stereocenters. The monoisotopic (exact) mass is 378 g/mol. The molecule has 2 bridgehead atoms. The van der Waals surface area contributed by atoms with Crippen molar-refractivity contribution in [3.05, 3.63) is 65.7 Å². The lowest BCUT2D eigenvalue weighted by Crippen LogP contribution is -2.42. The van der Waals surface area contributed by atoms with E-state index in [-0.39, 0.29) is 11.8 Å². The van der Waals surface area contributed by atoms with E-state index in [0.717, 1.165) is 17.2 Å². The van der Waals surface area contributed by atoms with Gasteiger partial charge in [0.2, 0.25) is 5.91 Å². The number of carbonyl (C=O) groups excluding carboxylic acids is 2. The summed E-state index contributed by atoms with van der Waals surface area (Å²) in [5, 5.41) is 0. The van der Waals surface area contributed by atoms with Gasteiger partial charge in [-0.25, -0.2) is 0 Å². The summed E-state index contributed by atoms with van der Waals surface area (Å²) in [6, 6.07) is 16.8. The zero-order valence-electron chi connectivity index (χ0n) is 15.9. The number of carbonyl (C=O) groups is 2. The summed E-state index contributed by atoms with van der Waals surface area (Å²) in [6.45, 7) is 0.437. The molecule has 5 heteroatoms. The Labute approximate surface area is 165 Å². The zero-order chi connectivity index (χ0) is 19.3. The summed E-state index contributed by atoms with van der Waals surface area (Å²) >= 11 is 0. The van der Waals surface area contributed by atoms with Crippen molar-refractivity contribution in [3.8, 4) is 5.75 Å². The Morgan fingerprint density at radius 1 is 0.929 bits per heavy atom. The number of hydrogen-bond donors (Lipinski definition) is 2. The first-order chi connectivity index (χ1) is 13.7. The van der Waals surface area contributed by atoms with Gasteiger partial charge in [-0.05, 0) is 66.8 Å². The average Bonchev–Trinajstić information content (AvgIpc) is 3.35. The van der Waals surface area contributed by atoms with Crippen LogP contribution >= 0.6 is 0 Å². The summed E-state index contributed by atoms with van der Waals surface area (Å²) in [5.74, 6) is 2.41. The second kappa shape index (κ2) is 8.46. The largest absolute Gasteiger partial charge is 0.489 e. The van der Waals surface area contributed by atoms with Crippen LogP contribution in [0.25, 0.3) is 0 Å². The van der Waals surface area contributed by atoms with Crippen molar-refractivity contribution in [3.63, 3.8) is 0 Å². The summed E-state index contributed by atoms with van der Waals surface area (Å²) in [5.41, 5.74) is 6.57. The summed E-state index contributed by atoms with van der Waals surface area (Å²) < 4.78 is 5.70. The van der Waals surface area contributed by atoms with Gasteiger partial charge < -0.3 is 4.74 Å². The van der Waals surface area contributed by atoms with Gasteiger partial charge >= 0.3 is 0 Å². The van der Waals surface area contributed by atoms with Crippen LogP contribution in [0.3, 0.4) is 0 Å². The summed E-state index contributed by atoms with van der Waals surface area (Å²) in [4.78, 5) is 24.4. The van der Waals surface area contributed by atoms with Crippen LogP contribution in [0.5, 0.6) is 5.75 Å². The van der Waals surface area contributed by atoms with Crippen molar-refractivity contribution in [2.45, 2.75) is 38.7 Å². The van der Waals surface area contributed by atoms with E-state index in [1.54, 1.807) is 12.1 Å². The van der Waals surface area contributed by atoms with E-state index in [0.29, 0.717) is 30.4 Å². The Hall–Kier alpha value is -2.82. The first kappa shape index (κ1) is 18.5. The van der Waals surface area contributed by atoms with Gasteiger partial charge in [0.15, 0.2) is 0 Å². The topological polar surface area (TPSA) is 67.4 Å². The van der Waals surface area contributed by atoms with E-state index in [2.05, 4.69) is 10.9 Å². The van der Waals surface area contributed by atoms with Crippen LogP contribution in [0, 0.1) is 17.8 Å². The highest BCUT2D eigenvalue weighted by Gasteiger charge is 2.40. The van der Waals surface area contributed by atoms with Crippen LogP contribution in [-0.4, -0.2) is 11.8 Å². The minimum atomic E-state index is -0.308. The quantitative estimate of drug-likeness (QED) is 0.750. The van der Waals surface area contributed by atoms with Gasteiger partial charge in [-0.2, -0.15) is 0 Å². The Morgan fingerprint density at radius 3 is 2.39 bits per heavy atom. The number of nitrogens with one attached hydrogen (secondary N) is 2. The van der Waals surface area contributed by atoms with E-state index in [1.807, 2.05) is 42.5 Å². The molecule has 2 aliphatic rings. The van der Waals surface area contributed by atoms with Gasteiger partial charge in [0.25, 0.3) is 5.91 Å². The highest BCUT2D eigenvalue weighted by atomic mass is 16.5. The number of fused-ring (bicyclic) bond motifs is 2. The second-order valence-electron chi connectivity index (χ2n) is 7.94. The molecule has 146 valence electrons. The van der Waals surface area contributed by atoms with E-state index < -0.39 is 0 Å². The maximum absolute atomic E-state index is 12.2. The van der Waals surface area contributed by atoms with Crippen LogP contribution < -0.4 is 15.6 Å². The first-order valence-electron chi connectivity index (χ1n) is 10.0. The third-order valence-electron chi connectivity index (χ3n) is 6.01. The fraction of sp³-hybridized carbons (Fsp3) is 0.391. The second-order valence-corrected chi connectivity index (χ2v) is 7.94. The molecule has 0 heterocycles. The van der Waals surface area contributed by atoms with Gasteiger partial charge in [-0.1, -0.05) is 36.8 Å². The molecule has 0 unspecified atom stereocenters. The van der Waals surface area contributed by atoms with Crippen molar-refractivity contribution in [2.75, 3.05) is 0 Å². The molecule has 0 spiro atoms. The average molecular weight is 378 g/mol. The standard InChI is InChI=1S/C23H26N2O3/c26-22(14-20-13-17-8-11-19(20)12-17)24-25-23(27)18-9-6-16(7-10-18)15-28-21-4-2-1-3-5-21/h1-7,9-10,17,19-20H,8,11-15H2,(H,24,26)(H,25,27)/t17-,19-,20+/m1/s1. The smallest absolute Gasteiger partial charge is 0.269 e. The van der Waals surface area contributed by atoms with Crippen LogP contribution in [0.2, 0.25) is 0 Å². The lowest BCUT2D eigenvalue weighted by molar-refractivity contribution is -0.123. The molecular formula is C23H26N2O3. The van der Waals surface area contributed by atoms with Crippen molar-refractivity contribution < 1.29 is 14.3 Å². The number of amides is 2. The number of rotatable bonds is 6. The highest BCUT2D eigenvalue weighted by molar-refractivity contribution is 5.95. The molecule has 0 saturated heterocycles. The van der Waals surface area contributed by atoms with Crippen molar-refractivity contribution in [1.82, 2.24) is 10.9 Å². The number of benzene rings is 2. The molecule has 0 aromatic heterocycles. The third kappa shape index (κ3) is 4.53.